The fourth-order valence-corrected chi connectivity index (χ4v) is 3.23. The lowest BCUT2D eigenvalue weighted by atomic mass is 9.95. The molecular weight excluding hydrogens is 172 g/mol. The van der Waals surface area contributed by atoms with E-state index in [-0.39, 0.29) is 0 Å². The Bertz CT molecular complexity index is 181. The van der Waals surface area contributed by atoms with Crippen LogP contribution in [-0.4, -0.2) is 30.6 Å². The minimum atomic E-state index is 0.822. The maximum atomic E-state index is 5.81. The minimum absolute atomic E-state index is 0.822. The highest BCUT2D eigenvalue weighted by Crippen LogP contribution is 2.33. The summed E-state index contributed by atoms with van der Waals surface area (Å²) < 4.78 is 0. The van der Waals surface area contributed by atoms with Gasteiger partial charge in [-0.15, -0.1) is 0 Å². The monoisotopic (exact) mass is 196 g/mol. The second-order valence-corrected chi connectivity index (χ2v) is 5.17. The van der Waals surface area contributed by atoms with Gasteiger partial charge in [-0.3, -0.25) is 0 Å². The van der Waals surface area contributed by atoms with Crippen molar-refractivity contribution in [2.24, 2.45) is 17.6 Å². The molecular formula is C12H24N2. The molecule has 2 N–H and O–H groups in total. The van der Waals surface area contributed by atoms with Crippen LogP contribution in [-0.2, 0) is 0 Å². The average molecular weight is 196 g/mol. The first-order chi connectivity index (χ1) is 6.81. The van der Waals surface area contributed by atoms with Crippen LogP contribution in [0.25, 0.3) is 0 Å². The van der Waals surface area contributed by atoms with Crippen LogP contribution in [0.15, 0.2) is 0 Å². The lowest BCUT2D eigenvalue weighted by Crippen LogP contribution is -2.35. The van der Waals surface area contributed by atoms with Crippen molar-refractivity contribution in [3.05, 3.63) is 0 Å². The van der Waals surface area contributed by atoms with E-state index in [2.05, 4.69) is 11.8 Å². The van der Waals surface area contributed by atoms with Crippen molar-refractivity contribution in [3.63, 3.8) is 0 Å². The quantitative estimate of drug-likeness (QED) is 0.746. The van der Waals surface area contributed by atoms with Crippen molar-refractivity contribution >= 4 is 0 Å². The maximum absolute atomic E-state index is 5.81. The van der Waals surface area contributed by atoms with Crippen molar-refractivity contribution < 1.29 is 0 Å². The van der Waals surface area contributed by atoms with Gasteiger partial charge in [-0.25, -0.2) is 0 Å². The number of hydrogen-bond acceptors (Lipinski definition) is 2. The van der Waals surface area contributed by atoms with Crippen molar-refractivity contribution in [3.8, 4) is 0 Å². The molecule has 1 aliphatic heterocycles. The van der Waals surface area contributed by atoms with E-state index in [1.807, 2.05) is 0 Å². The molecule has 0 aromatic heterocycles. The molecule has 2 rings (SSSR count). The number of nitrogens with zero attached hydrogens (tertiary/aromatic N) is 1. The van der Waals surface area contributed by atoms with Crippen molar-refractivity contribution in [1.82, 2.24) is 4.90 Å². The largest absolute Gasteiger partial charge is 0.330 e. The second-order valence-electron chi connectivity index (χ2n) is 5.17. The van der Waals surface area contributed by atoms with Gasteiger partial charge >= 0.3 is 0 Å². The van der Waals surface area contributed by atoms with Crippen molar-refractivity contribution in [1.29, 1.82) is 0 Å². The zero-order chi connectivity index (χ0) is 9.97. The minimum Gasteiger partial charge on any atom is -0.330 e. The molecule has 0 spiro atoms. The first-order valence-electron chi connectivity index (χ1n) is 6.25. The Hall–Kier alpha value is -0.0800. The van der Waals surface area contributed by atoms with Gasteiger partial charge in [0.2, 0.25) is 0 Å². The molecule has 1 aliphatic carbocycles. The van der Waals surface area contributed by atoms with E-state index < -0.39 is 0 Å². The zero-order valence-corrected chi connectivity index (χ0v) is 9.41. The Kier molecular flexibility index (Phi) is 3.45. The molecule has 1 heterocycles. The number of hydrogen-bond donors (Lipinski definition) is 1. The molecule has 2 heteroatoms. The van der Waals surface area contributed by atoms with E-state index in [0.29, 0.717) is 0 Å². The lowest BCUT2D eigenvalue weighted by molar-refractivity contribution is 0.202. The summed E-state index contributed by atoms with van der Waals surface area (Å²) in [6, 6.07) is 0.828. The molecule has 2 aliphatic rings. The molecule has 14 heavy (non-hydrogen) atoms. The molecule has 0 radical (unpaired) electrons. The van der Waals surface area contributed by atoms with Crippen LogP contribution in [0.3, 0.4) is 0 Å². The Morgan fingerprint density at radius 1 is 1.14 bits per heavy atom. The normalized spacial score (nSPS) is 39.4. The van der Waals surface area contributed by atoms with Crippen molar-refractivity contribution in [2.45, 2.75) is 45.1 Å². The topological polar surface area (TPSA) is 29.3 Å². The summed E-state index contributed by atoms with van der Waals surface area (Å²) in [6.07, 6.45) is 7.02. The van der Waals surface area contributed by atoms with Gasteiger partial charge in [-0.05, 0) is 57.5 Å². The average Bonchev–Trinajstić information content (AvgIpc) is 2.77. The SMILES string of the molecule is CC1CCCN1C[C@@H]1CCC[C@@H]1CN. The molecule has 1 saturated heterocycles. The van der Waals surface area contributed by atoms with E-state index in [1.54, 1.807) is 0 Å². The summed E-state index contributed by atoms with van der Waals surface area (Å²) in [5, 5.41) is 0. The number of rotatable bonds is 3. The number of nitrogens with two attached hydrogens (primary N) is 1. The molecule has 2 fully saturated rings. The fourth-order valence-electron chi connectivity index (χ4n) is 3.23. The predicted molar refractivity (Wildman–Crippen MR) is 60.2 cm³/mol. The van der Waals surface area contributed by atoms with Crippen molar-refractivity contribution in [2.75, 3.05) is 19.6 Å². The smallest absolute Gasteiger partial charge is 0.00675 e. The summed E-state index contributed by atoms with van der Waals surface area (Å²) in [6.45, 7) is 5.93. The Labute approximate surface area is 87.8 Å². The number of likely N-dealkylation sites (tertiary alicyclic amines) is 1. The summed E-state index contributed by atoms with van der Waals surface area (Å²) in [5.74, 6) is 1.73. The molecule has 2 nitrogen and oxygen atoms in total. The zero-order valence-electron chi connectivity index (χ0n) is 9.41. The summed E-state index contributed by atoms with van der Waals surface area (Å²) in [4.78, 5) is 2.68. The van der Waals surface area contributed by atoms with E-state index in [1.165, 1.54) is 45.2 Å². The summed E-state index contributed by atoms with van der Waals surface area (Å²) in [5.41, 5.74) is 5.81. The summed E-state index contributed by atoms with van der Waals surface area (Å²) >= 11 is 0. The highest BCUT2D eigenvalue weighted by Gasteiger charge is 2.30. The molecule has 0 aromatic carbocycles. The molecule has 0 bridgehead atoms. The predicted octanol–water partition coefficient (Wildman–Crippen LogP) is 1.85. The van der Waals surface area contributed by atoms with Crippen LogP contribution in [0.5, 0.6) is 0 Å². The van der Waals surface area contributed by atoms with Gasteiger partial charge in [0.1, 0.15) is 0 Å². The highest BCUT2D eigenvalue weighted by molar-refractivity contribution is 4.84. The van der Waals surface area contributed by atoms with Crippen LogP contribution in [0.2, 0.25) is 0 Å². The third kappa shape index (κ3) is 2.12. The Morgan fingerprint density at radius 3 is 2.57 bits per heavy atom. The van der Waals surface area contributed by atoms with Crippen LogP contribution in [0, 0.1) is 11.8 Å². The molecule has 82 valence electrons. The maximum Gasteiger partial charge on any atom is 0.00675 e. The van der Waals surface area contributed by atoms with E-state index in [4.69, 9.17) is 5.73 Å². The third-order valence-corrected chi connectivity index (χ3v) is 4.28. The molecule has 3 atom stereocenters. The summed E-state index contributed by atoms with van der Waals surface area (Å²) in [7, 11) is 0. The van der Waals surface area contributed by atoms with Gasteiger partial charge < -0.3 is 10.6 Å². The van der Waals surface area contributed by atoms with Gasteiger partial charge in [0.15, 0.2) is 0 Å². The first kappa shape index (κ1) is 10.4. The standard InChI is InChI=1S/C12H24N2/c1-10-4-3-7-14(10)9-12-6-2-5-11(12)8-13/h10-12H,2-9,13H2,1H3/t10?,11-,12+/m1/s1. The molecule has 1 unspecified atom stereocenters. The molecule has 0 aromatic rings. The molecule has 1 saturated carbocycles. The van der Waals surface area contributed by atoms with Crippen LogP contribution < -0.4 is 5.73 Å². The van der Waals surface area contributed by atoms with Crippen LogP contribution >= 0.6 is 0 Å². The van der Waals surface area contributed by atoms with E-state index in [0.717, 1.165) is 24.4 Å². The van der Waals surface area contributed by atoms with E-state index in [9.17, 15) is 0 Å². The van der Waals surface area contributed by atoms with Crippen LogP contribution in [0.1, 0.15) is 39.0 Å². The van der Waals surface area contributed by atoms with E-state index >= 15 is 0 Å². The van der Waals surface area contributed by atoms with Gasteiger partial charge in [-0.1, -0.05) is 6.42 Å². The third-order valence-electron chi connectivity index (χ3n) is 4.28. The van der Waals surface area contributed by atoms with Gasteiger partial charge in [0.05, 0.1) is 0 Å². The first-order valence-corrected chi connectivity index (χ1v) is 6.25. The Balaban J connectivity index is 1.83. The molecule has 0 amide bonds. The lowest BCUT2D eigenvalue weighted by Gasteiger charge is -2.27. The fraction of sp³-hybridized carbons (Fsp3) is 1.00. The van der Waals surface area contributed by atoms with Crippen LogP contribution in [0.4, 0.5) is 0 Å². The van der Waals surface area contributed by atoms with Gasteiger partial charge in [-0.2, -0.15) is 0 Å². The highest BCUT2D eigenvalue weighted by atomic mass is 15.2. The second kappa shape index (κ2) is 4.63. The Morgan fingerprint density at radius 2 is 1.93 bits per heavy atom. The van der Waals surface area contributed by atoms with Gasteiger partial charge in [0.25, 0.3) is 0 Å². The van der Waals surface area contributed by atoms with Gasteiger partial charge in [0, 0.05) is 12.6 Å².